The molecule has 1 saturated heterocycles. The van der Waals surface area contributed by atoms with Crippen LogP contribution in [0.1, 0.15) is 35.3 Å². The first-order valence-electron chi connectivity index (χ1n) is 17.8. The van der Waals surface area contributed by atoms with E-state index in [0.29, 0.717) is 57.4 Å². The lowest BCUT2D eigenvalue weighted by Gasteiger charge is -2.30. The molecule has 2 aromatic heterocycles. The molecule has 0 spiro atoms. The van der Waals surface area contributed by atoms with Crippen LogP contribution < -0.4 is 26.6 Å². The average molecular weight is 744 g/mol. The topological polar surface area (TPSA) is 220 Å². The number of amides is 5. The number of ether oxygens (including phenoxy) is 3. The van der Waals surface area contributed by atoms with Gasteiger partial charge in [0.1, 0.15) is 0 Å². The van der Waals surface area contributed by atoms with Crippen molar-refractivity contribution in [2.75, 3.05) is 88.3 Å². The summed E-state index contributed by atoms with van der Waals surface area (Å²) in [5, 5.41) is 8.46. The van der Waals surface area contributed by atoms with Gasteiger partial charge in [0.2, 0.25) is 11.8 Å². The van der Waals surface area contributed by atoms with E-state index in [1.807, 2.05) is 30.3 Å². The summed E-state index contributed by atoms with van der Waals surface area (Å²) in [5.41, 5.74) is 9.85. The Kier molecular flexibility index (Phi) is 14.9. The van der Waals surface area contributed by atoms with E-state index in [1.165, 1.54) is 18.3 Å². The van der Waals surface area contributed by atoms with Gasteiger partial charge in [0, 0.05) is 69.5 Å². The molecule has 0 aliphatic carbocycles. The Morgan fingerprint density at radius 1 is 0.852 bits per heavy atom. The molecule has 0 saturated carbocycles. The number of nitrogens with two attached hydrogens (primary N) is 1. The quantitative estimate of drug-likeness (QED) is 0.0943. The first kappa shape index (κ1) is 39.4. The van der Waals surface area contributed by atoms with Crippen LogP contribution in [0.3, 0.4) is 0 Å². The van der Waals surface area contributed by atoms with E-state index in [0.717, 1.165) is 34.6 Å². The Labute approximate surface area is 312 Å². The summed E-state index contributed by atoms with van der Waals surface area (Å²) < 4.78 is 16.3. The molecule has 2 aliphatic rings. The third-order valence-corrected chi connectivity index (χ3v) is 8.51. The van der Waals surface area contributed by atoms with Crippen molar-refractivity contribution in [2.45, 2.75) is 25.7 Å². The first-order chi connectivity index (χ1) is 26.3. The number of aryl methyl sites for hydroxylation is 1. The van der Waals surface area contributed by atoms with Crippen molar-refractivity contribution in [3.63, 3.8) is 0 Å². The van der Waals surface area contributed by atoms with Gasteiger partial charge in [-0.3, -0.25) is 33.9 Å². The number of carbonyl (C=O) groups excluding carboxylic acids is 5. The number of hydrogen-bond donors (Lipinski definition) is 4. The second-order valence-electron chi connectivity index (χ2n) is 12.3. The lowest BCUT2D eigenvalue weighted by atomic mass is 10.1. The molecular formula is C37H45N9O8. The Balaban J connectivity index is 0.929. The van der Waals surface area contributed by atoms with Crippen molar-refractivity contribution in [1.29, 1.82) is 0 Å². The fourth-order valence-electron chi connectivity index (χ4n) is 5.60. The van der Waals surface area contributed by atoms with E-state index in [9.17, 15) is 24.0 Å². The summed E-state index contributed by atoms with van der Waals surface area (Å²) in [6.07, 6.45) is 8.92. The van der Waals surface area contributed by atoms with Crippen molar-refractivity contribution >= 4 is 46.7 Å². The SMILES string of the molecule is Nc1ncc(-c2ccc(CCCNC(=O)CCOCCOCCNC(=O)CCN3C(=O)C=CC3=O)cc2)nc1C(=O)Nc1cnccc1N1CCOCC1. The standard InChI is InChI=1S/C37H45N9O8/c38-36-35(37(51)44-29-24-39-13-9-30(29)45-16-20-54-21-17-45)43-28(25-42-36)27-5-3-26(4-6-27)2-1-12-40-32(48)11-18-52-22-23-53-19-14-41-31(47)10-15-46-33(49)7-8-34(46)50/h3-9,13,24-25H,1-2,10-12,14-23H2,(H2,38,42)(H,40,48)(H,41,47)(H,44,51). The van der Waals surface area contributed by atoms with Crippen LogP contribution in [0, 0.1) is 0 Å². The molecule has 0 radical (unpaired) electrons. The van der Waals surface area contributed by atoms with E-state index < -0.39 is 17.7 Å². The Hall–Kier alpha value is -5.78. The number of benzene rings is 1. The predicted molar refractivity (Wildman–Crippen MR) is 198 cm³/mol. The number of carbonyl (C=O) groups is 5. The maximum absolute atomic E-state index is 13.3. The van der Waals surface area contributed by atoms with E-state index in [4.69, 9.17) is 19.9 Å². The fraction of sp³-hybridized carbons (Fsp3) is 0.405. The monoisotopic (exact) mass is 743 g/mol. The molecule has 5 N–H and O–H groups in total. The Morgan fingerprint density at radius 3 is 2.31 bits per heavy atom. The normalized spacial score (nSPS) is 14.0. The highest BCUT2D eigenvalue weighted by Crippen LogP contribution is 2.27. The van der Waals surface area contributed by atoms with Crippen molar-refractivity contribution < 1.29 is 38.2 Å². The van der Waals surface area contributed by atoms with Crippen molar-refractivity contribution in [1.82, 2.24) is 30.5 Å². The molecule has 1 fully saturated rings. The van der Waals surface area contributed by atoms with Gasteiger partial charge in [-0.05, 0) is 24.5 Å². The minimum absolute atomic E-state index is 0.0190. The molecule has 1 aromatic carbocycles. The van der Waals surface area contributed by atoms with E-state index in [1.54, 1.807) is 12.4 Å². The molecule has 0 atom stereocenters. The zero-order valence-electron chi connectivity index (χ0n) is 30.0. The van der Waals surface area contributed by atoms with E-state index >= 15 is 0 Å². The van der Waals surface area contributed by atoms with Crippen molar-refractivity contribution in [2.24, 2.45) is 0 Å². The highest BCUT2D eigenvalue weighted by molar-refractivity contribution is 6.13. The molecule has 5 rings (SSSR count). The molecule has 286 valence electrons. The molecule has 4 heterocycles. The lowest BCUT2D eigenvalue weighted by molar-refractivity contribution is -0.137. The minimum Gasteiger partial charge on any atom is -0.382 e. The summed E-state index contributed by atoms with van der Waals surface area (Å²) in [6.45, 7) is 4.60. The van der Waals surface area contributed by atoms with Crippen LogP contribution in [0.25, 0.3) is 11.3 Å². The zero-order valence-corrected chi connectivity index (χ0v) is 30.0. The number of pyridine rings is 1. The van der Waals surface area contributed by atoms with Gasteiger partial charge in [-0.1, -0.05) is 24.3 Å². The van der Waals surface area contributed by atoms with E-state index in [2.05, 4.69) is 35.8 Å². The van der Waals surface area contributed by atoms with Gasteiger partial charge in [-0.2, -0.15) is 0 Å². The zero-order chi connectivity index (χ0) is 38.1. The molecule has 0 bridgehead atoms. The third kappa shape index (κ3) is 11.9. The third-order valence-electron chi connectivity index (χ3n) is 8.51. The van der Waals surface area contributed by atoms with Crippen LogP contribution in [0.15, 0.2) is 61.1 Å². The van der Waals surface area contributed by atoms with Gasteiger partial charge in [0.25, 0.3) is 17.7 Å². The minimum atomic E-state index is -0.482. The van der Waals surface area contributed by atoms with Gasteiger partial charge in [-0.15, -0.1) is 0 Å². The maximum Gasteiger partial charge on any atom is 0.278 e. The number of hydrogen-bond acceptors (Lipinski definition) is 13. The van der Waals surface area contributed by atoms with Gasteiger partial charge < -0.3 is 40.8 Å². The summed E-state index contributed by atoms with van der Waals surface area (Å²) in [4.78, 5) is 76.4. The molecule has 2 aliphatic heterocycles. The highest BCUT2D eigenvalue weighted by atomic mass is 16.5. The van der Waals surface area contributed by atoms with Crippen molar-refractivity contribution in [3.8, 4) is 11.3 Å². The molecular weight excluding hydrogens is 698 g/mol. The second-order valence-corrected chi connectivity index (χ2v) is 12.3. The summed E-state index contributed by atoms with van der Waals surface area (Å²) in [5.74, 6) is -1.68. The second kappa shape index (κ2) is 20.5. The first-order valence-corrected chi connectivity index (χ1v) is 17.8. The lowest BCUT2D eigenvalue weighted by Crippen LogP contribution is -2.36. The van der Waals surface area contributed by atoms with Gasteiger partial charge >= 0.3 is 0 Å². The van der Waals surface area contributed by atoms with Gasteiger partial charge in [0.05, 0.1) is 69.1 Å². The number of imide groups is 1. The van der Waals surface area contributed by atoms with Gasteiger partial charge in [0.15, 0.2) is 11.5 Å². The van der Waals surface area contributed by atoms with Crippen LogP contribution in [0.5, 0.6) is 0 Å². The van der Waals surface area contributed by atoms with E-state index in [-0.39, 0.29) is 62.5 Å². The van der Waals surface area contributed by atoms with Crippen LogP contribution in [0.4, 0.5) is 17.2 Å². The fourth-order valence-corrected chi connectivity index (χ4v) is 5.60. The maximum atomic E-state index is 13.3. The molecule has 17 heteroatoms. The number of anilines is 3. The molecule has 5 amide bonds. The number of rotatable bonds is 20. The number of nitrogen functional groups attached to an aromatic ring is 1. The van der Waals surface area contributed by atoms with Crippen LogP contribution in [-0.2, 0) is 39.8 Å². The van der Waals surface area contributed by atoms with Crippen LogP contribution in [-0.4, -0.2) is 122 Å². The molecule has 17 nitrogen and oxygen atoms in total. The number of aromatic nitrogens is 3. The molecule has 54 heavy (non-hydrogen) atoms. The van der Waals surface area contributed by atoms with Gasteiger partial charge in [-0.25, -0.2) is 9.97 Å². The van der Waals surface area contributed by atoms with Crippen LogP contribution >= 0.6 is 0 Å². The Morgan fingerprint density at radius 2 is 1.56 bits per heavy atom. The average Bonchev–Trinajstić information content (AvgIpc) is 3.51. The van der Waals surface area contributed by atoms with Crippen molar-refractivity contribution in [3.05, 3.63) is 72.3 Å². The molecule has 3 aromatic rings. The number of nitrogens with one attached hydrogen (secondary N) is 3. The Bertz CT molecular complexity index is 1780. The summed E-state index contributed by atoms with van der Waals surface area (Å²) in [6, 6.07) is 9.62. The predicted octanol–water partition coefficient (Wildman–Crippen LogP) is 1.11. The largest absolute Gasteiger partial charge is 0.382 e. The number of morpholine rings is 1. The summed E-state index contributed by atoms with van der Waals surface area (Å²) >= 11 is 0. The highest BCUT2D eigenvalue weighted by Gasteiger charge is 2.23. The van der Waals surface area contributed by atoms with Crippen LogP contribution in [0.2, 0.25) is 0 Å². The number of nitrogens with zero attached hydrogens (tertiary/aromatic N) is 5. The summed E-state index contributed by atoms with van der Waals surface area (Å²) in [7, 11) is 0. The molecule has 0 unspecified atom stereocenters. The smallest absolute Gasteiger partial charge is 0.278 e.